The van der Waals surface area contributed by atoms with Gasteiger partial charge in [0.05, 0.1) is 0 Å². The number of benzene rings is 1. The first-order chi connectivity index (χ1) is 6.89. The van der Waals surface area contributed by atoms with E-state index in [1.165, 1.54) is 38.9 Å². The predicted molar refractivity (Wildman–Crippen MR) is 65.7 cm³/mol. The van der Waals surface area contributed by atoms with Crippen LogP contribution < -0.4 is 0 Å². The van der Waals surface area contributed by atoms with Crippen LogP contribution in [-0.2, 0) is 5.41 Å². The molecule has 0 unspecified atom stereocenters. The van der Waals surface area contributed by atoms with E-state index in [2.05, 4.69) is 35.2 Å². The largest absolute Gasteiger partial charge is 0.303 e. The van der Waals surface area contributed by atoms with Crippen LogP contribution in [0.2, 0.25) is 0 Å². The lowest BCUT2D eigenvalue weighted by atomic mass is 9.67. The maximum atomic E-state index is 2.60. The van der Waals surface area contributed by atoms with Crippen LogP contribution in [0.3, 0.4) is 0 Å². The molecular formula is C13H18ClN. The standard InChI is InChI=1S/C13H17N.ClH/c1-2-4-12(5-3-1)13-6-9-14(10-7-13)11-8-13;/h1-5H,6-11H2;1H. The van der Waals surface area contributed by atoms with E-state index in [9.17, 15) is 0 Å². The maximum Gasteiger partial charge on any atom is -0.00102 e. The van der Waals surface area contributed by atoms with Crippen LogP contribution in [0, 0.1) is 0 Å². The van der Waals surface area contributed by atoms with Crippen molar-refractivity contribution in [2.24, 2.45) is 0 Å². The van der Waals surface area contributed by atoms with Gasteiger partial charge in [0.1, 0.15) is 0 Å². The Morgan fingerprint density at radius 1 is 0.867 bits per heavy atom. The molecule has 0 aromatic heterocycles. The summed E-state index contributed by atoms with van der Waals surface area (Å²) in [5.41, 5.74) is 2.12. The van der Waals surface area contributed by atoms with Gasteiger partial charge < -0.3 is 4.90 Å². The lowest BCUT2D eigenvalue weighted by molar-refractivity contribution is 0.0818. The van der Waals surface area contributed by atoms with Crippen molar-refractivity contribution >= 4 is 12.4 Å². The van der Waals surface area contributed by atoms with Gasteiger partial charge in [-0.25, -0.2) is 0 Å². The first kappa shape index (κ1) is 11.0. The molecule has 4 rings (SSSR count). The highest BCUT2D eigenvalue weighted by molar-refractivity contribution is 5.85. The SMILES string of the molecule is Cl.c1ccc(C23CCN(CC2)CC3)cc1. The number of fused-ring (bicyclic) bond motifs is 3. The minimum absolute atomic E-state index is 0. The summed E-state index contributed by atoms with van der Waals surface area (Å²) in [6.07, 6.45) is 4.12. The Labute approximate surface area is 97.9 Å². The second-order valence-electron chi connectivity index (χ2n) is 4.74. The number of rotatable bonds is 1. The van der Waals surface area contributed by atoms with Crippen molar-refractivity contribution in [3.8, 4) is 0 Å². The molecule has 3 fully saturated rings. The van der Waals surface area contributed by atoms with Crippen molar-refractivity contribution in [3.63, 3.8) is 0 Å². The van der Waals surface area contributed by atoms with Crippen LogP contribution >= 0.6 is 12.4 Å². The topological polar surface area (TPSA) is 3.24 Å². The van der Waals surface area contributed by atoms with Gasteiger partial charge in [-0.15, -0.1) is 12.4 Å². The molecule has 0 spiro atoms. The van der Waals surface area contributed by atoms with Crippen LogP contribution in [0.25, 0.3) is 0 Å². The molecule has 2 bridgehead atoms. The molecule has 3 heterocycles. The van der Waals surface area contributed by atoms with Gasteiger partial charge in [0, 0.05) is 0 Å². The van der Waals surface area contributed by atoms with E-state index in [-0.39, 0.29) is 12.4 Å². The third-order valence-electron chi connectivity index (χ3n) is 4.11. The summed E-state index contributed by atoms with van der Waals surface area (Å²) < 4.78 is 0. The molecule has 82 valence electrons. The molecule has 3 aliphatic rings. The molecule has 1 aromatic carbocycles. The normalized spacial score (nSPS) is 33.5. The summed E-state index contributed by atoms with van der Waals surface area (Å²) in [4.78, 5) is 2.60. The van der Waals surface area contributed by atoms with Gasteiger partial charge in [-0.3, -0.25) is 0 Å². The molecular weight excluding hydrogens is 206 g/mol. The molecule has 3 aliphatic heterocycles. The van der Waals surface area contributed by atoms with Gasteiger partial charge in [0.25, 0.3) is 0 Å². The number of nitrogens with zero attached hydrogens (tertiary/aromatic N) is 1. The average molecular weight is 224 g/mol. The molecule has 0 aliphatic carbocycles. The summed E-state index contributed by atoms with van der Waals surface area (Å²) in [6, 6.07) is 11.1. The van der Waals surface area contributed by atoms with Crippen LogP contribution in [-0.4, -0.2) is 24.5 Å². The first-order valence-electron chi connectivity index (χ1n) is 5.67. The smallest absolute Gasteiger partial charge is 0.00102 e. The molecule has 0 radical (unpaired) electrons. The Hall–Kier alpha value is -0.530. The van der Waals surface area contributed by atoms with E-state index in [1.54, 1.807) is 5.56 Å². The molecule has 0 saturated carbocycles. The second-order valence-corrected chi connectivity index (χ2v) is 4.74. The zero-order valence-corrected chi connectivity index (χ0v) is 9.80. The van der Waals surface area contributed by atoms with E-state index < -0.39 is 0 Å². The quantitative estimate of drug-likeness (QED) is 0.708. The number of hydrogen-bond donors (Lipinski definition) is 0. The summed E-state index contributed by atoms with van der Waals surface area (Å²) in [5.74, 6) is 0. The van der Waals surface area contributed by atoms with Crippen molar-refractivity contribution in [2.45, 2.75) is 24.7 Å². The fourth-order valence-corrected chi connectivity index (χ4v) is 3.05. The highest BCUT2D eigenvalue weighted by atomic mass is 35.5. The third kappa shape index (κ3) is 1.79. The van der Waals surface area contributed by atoms with Crippen LogP contribution in [0.1, 0.15) is 24.8 Å². The van der Waals surface area contributed by atoms with E-state index in [4.69, 9.17) is 0 Å². The second kappa shape index (κ2) is 4.15. The minimum atomic E-state index is 0. The lowest BCUT2D eigenvalue weighted by Gasteiger charge is -2.48. The zero-order valence-electron chi connectivity index (χ0n) is 8.98. The zero-order chi connectivity index (χ0) is 9.43. The fourth-order valence-electron chi connectivity index (χ4n) is 3.05. The van der Waals surface area contributed by atoms with E-state index in [1.807, 2.05) is 0 Å². The molecule has 0 atom stereocenters. The summed E-state index contributed by atoms with van der Waals surface area (Å²) in [5, 5.41) is 0. The van der Waals surface area contributed by atoms with Gasteiger partial charge in [-0.05, 0) is 49.9 Å². The maximum absolute atomic E-state index is 2.60. The predicted octanol–water partition coefficient (Wildman–Crippen LogP) is 2.85. The lowest BCUT2D eigenvalue weighted by Crippen LogP contribution is -2.50. The third-order valence-corrected chi connectivity index (χ3v) is 4.11. The Morgan fingerprint density at radius 2 is 1.40 bits per heavy atom. The van der Waals surface area contributed by atoms with Crippen molar-refractivity contribution in [1.82, 2.24) is 4.90 Å². The number of piperidine rings is 3. The van der Waals surface area contributed by atoms with Crippen molar-refractivity contribution in [1.29, 1.82) is 0 Å². The molecule has 15 heavy (non-hydrogen) atoms. The monoisotopic (exact) mass is 223 g/mol. The van der Waals surface area contributed by atoms with E-state index >= 15 is 0 Å². The van der Waals surface area contributed by atoms with Gasteiger partial charge in [0.2, 0.25) is 0 Å². The minimum Gasteiger partial charge on any atom is -0.303 e. The Bertz CT molecular complexity index is 301. The summed E-state index contributed by atoms with van der Waals surface area (Å²) in [7, 11) is 0. The fraction of sp³-hybridized carbons (Fsp3) is 0.538. The molecule has 1 aromatic rings. The van der Waals surface area contributed by atoms with Gasteiger partial charge in [0.15, 0.2) is 0 Å². The summed E-state index contributed by atoms with van der Waals surface area (Å²) >= 11 is 0. The van der Waals surface area contributed by atoms with E-state index in [0.29, 0.717) is 5.41 Å². The van der Waals surface area contributed by atoms with E-state index in [0.717, 1.165) is 0 Å². The Balaban J connectivity index is 0.000000853. The van der Waals surface area contributed by atoms with Gasteiger partial charge >= 0.3 is 0 Å². The highest BCUT2D eigenvalue weighted by Gasteiger charge is 2.40. The van der Waals surface area contributed by atoms with Crippen LogP contribution in [0.15, 0.2) is 30.3 Å². The van der Waals surface area contributed by atoms with Crippen molar-refractivity contribution in [2.75, 3.05) is 19.6 Å². The average Bonchev–Trinajstić information content (AvgIpc) is 2.33. The summed E-state index contributed by atoms with van der Waals surface area (Å²) in [6.45, 7) is 3.94. The van der Waals surface area contributed by atoms with Crippen LogP contribution in [0.5, 0.6) is 0 Å². The van der Waals surface area contributed by atoms with Gasteiger partial charge in [-0.1, -0.05) is 30.3 Å². The highest BCUT2D eigenvalue weighted by Crippen LogP contribution is 2.42. The molecule has 3 saturated heterocycles. The van der Waals surface area contributed by atoms with Crippen molar-refractivity contribution < 1.29 is 0 Å². The number of halogens is 1. The molecule has 0 amide bonds. The van der Waals surface area contributed by atoms with Gasteiger partial charge in [-0.2, -0.15) is 0 Å². The molecule has 0 N–H and O–H groups in total. The van der Waals surface area contributed by atoms with Crippen LogP contribution in [0.4, 0.5) is 0 Å². The first-order valence-corrected chi connectivity index (χ1v) is 5.67. The molecule has 2 heteroatoms. The van der Waals surface area contributed by atoms with Crippen molar-refractivity contribution in [3.05, 3.63) is 35.9 Å². The molecule has 1 nitrogen and oxygen atoms in total. The Kier molecular flexibility index (Phi) is 3.03. The number of hydrogen-bond acceptors (Lipinski definition) is 1. The Morgan fingerprint density at radius 3 is 1.93 bits per heavy atom.